The van der Waals surface area contributed by atoms with E-state index in [-0.39, 0.29) is 12.3 Å². The number of hydrogen-bond donors (Lipinski definition) is 1. The lowest BCUT2D eigenvalue weighted by atomic mass is 9.96. The fourth-order valence-electron chi connectivity index (χ4n) is 1.40. The zero-order valence-corrected chi connectivity index (χ0v) is 8.64. The van der Waals surface area contributed by atoms with Crippen molar-refractivity contribution in [2.75, 3.05) is 7.11 Å². The Morgan fingerprint density at radius 3 is 2.93 bits per heavy atom. The van der Waals surface area contributed by atoms with Crippen molar-refractivity contribution in [3.63, 3.8) is 0 Å². The van der Waals surface area contributed by atoms with Gasteiger partial charge < -0.3 is 9.84 Å². The van der Waals surface area contributed by atoms with Crippen LogP contribution in [0.4, 0.5) is 0 Å². The molecule has 3 nitrogen and oxygen atoms in total. The third-order valence-electron chi connectivity index (χ3n) is 2.20. The summed E-state index contributed by atoms with van der Waals surface area (Å²) in [7, 11) is 1.58. The molecule has 0 radical (unpaired) electrons. The first-order chi connectivity index (χ1) is 7.17. The molecule has 1 rings (SSSR count). The number of hydrogen-bond acceptors (Lipinski definition) is 2. The van der Waals surface area contributed by atoms with Gasteiger partial charge in [0, 0.05) is 5.92 Å². The summed E-state index contributed by atoms with van der Waals surface area (Å²) in [5, 5.41) is 8.72. The largest absolute Gasteiger partial charge is 0.497 e. The molecule has 0 aliphatic carbocycles. The number of rotatable bonds is 5. The van der Waals surface area contributed by atoms with E-state index < -0.39 is 5.97 Å². The Morgan fingerprint density at radius 1 is 1.67 bits per heavy atom. The maximum atomic E-state index is 10.6. The van der Waals surface area contributed by atoms with Gasteiger partial charge in [-0.05, 0) is 17.7 Å². The summed E-state index contributed by atoms with van der Waals surface area (Å²) in [6.07, 6.45) is 1.69. The maximum absolute atomic E-state index is 10.6. The van der Waals surface area contributed by atoms with Crippen molar-refractivity contribution in [2.45, 2.75) is 12.3 Å². The molecular formula is C12H14O3. The second-order valence-electron chi connectivity index (χ2n) is 3.22. The van der Waals surface area contributed by atoms with Crippen LogP contribution in [0.5, 0.6) is 5.75 Å². The fourth-order valence-corrected chi connectivity index (χ4v) is 1.40. The monoisotopic (exact) mass is 206 g/mol. The van der Waals surface area contributed by atoms with Crippen molar-refractivity contribution >= 4 is 5.97 Å². The standard InChI is InChI=1S/C12H14O3/c1-3-9(8-12(13)14)10-5-4-6-11(7-10)15-2/h3-7,9H,1,8H2,2H3,(H,13,14). The van der Waals surface area contributed by atoms with Crippen LogP contribution in [0.15, 0.2) is 36.9 Å². The van der Waals surface area contributed by atoms with Crippen LogP contribution in [0.1, 0.15) is 17.9 Å². The molecule has 0 amide bonds. The number of aliphatic carboxylic acids is 1. The Labute approximate surface area is 89.0 Å². The normalized spacial score (nSPS) is 11.8. The fraction of sp³-hybridized carbons (Fsp3) is 0.250. The average Bonchev–Trinajstić information content (AvgIpc) is 2.25. The molecule has 0 bridgehead atoms. The lowest BCUT2D eigenvalue weighted by molar-refractivity contribution is -0.137. The molecule has 0 aliphatic heterocycles. The summed E-state index contributed by atoms with van der Waals surface area (Å²) in [5.41, 5.74) is 0.909. The van der Waals surface area contributed by atoms with E-state index in [0.29, 0.717) is 0 Å². The van der Waals surface area contributed by atoms with Crippen LogP contribution in [-0.4, -0.2) is 18.2 Å². The highest BCUT2D eigenvalue weighted by atomic mass is 16.5. The second kappa shape index (κ2) is 5.20. The van der Waals surface area contributed by atoms with Gasteiger partial charge in [0.1, 0.15) is 5.75 Å². The number of allylic oxidation sites excluding steroid dienone is 1. The van der Waals surface area contributed by atoms with Crippen molar-refractivity contribution < 1.29 is 14.6 Å². The molecule has 80 valence electrons. The average molecular weight is 206 g/mol. The molecule has 0 aliphatic rings. The lowest BCUT2D eigenvalue weighted by Gasteiger charge is -2.11. The van der Waals surface area contributed by atoms with E-state index in [9.17, 15) is 4.79 Å². The van der Waals surface area contributed by atoms with Crippen molar-refractivity contribution in [3.05, 3.63) is 42.5 Å². The van der Waals surface area contributed by atoms with E-state index in [1.165, 1.54) is 0 Å². The highest BCUT2D eigenvalue weighted by Crippen LogP contribution is 2.24. The lowest BCUT2D eigenvalue weighted by Crippen LogP contribution is -2.03. The number of carboxylic acid groups (broad SMARTS) is 1. The highest BCUT2D eigenvalue weighted by Gasteiger charge is 2.12. The molecule has 0 spiro atoms. The van der Waals surface area contributed by atoms with Crippen LogP contribution < -0.4 is 4.74 Å². The molecule has 0 saturated carbocycles. The minimum absolute atomic E-state index is 0.0522. The molecule has 15 heavy (non-hydrogen) atoms. The Hall–Kier alpha value is -1.77. The number of carboxylic acids is 1. The Kier molecular flexibility index (Phi) is 3.92. The Balaban J connectivity index is 2.90. The van der Waals surface area contributed by atoms with Crippen molar-refractivity contribution in [1.29, 1.82) is 0 Å². The summed E-state index contributed by atoms with van der Waals surface area (Å²) in [6, 6.07) is 7.37. The van der Waals surface area contributed by atoms with E-state index in [2.05, 4.69) is 6.58 Å². The number of methoxy groups -OCH3 is 1. The second-order valence-corrected chi connectivity index (χ2v) is 3.22. The molecule has 0 saturated heterocycles. The van der Waals surface area contributed by atoms with Crippen LogP contribution in [0.2, 0.25) is 0 Å². The van der Waals surface area contributed by atoms with E-state index >= 15 is 0 Å². The van der Waals surface area contributed by atoms with Gasteiger partial charge in [0.05, 0.1) is 13.5 Å². The van der Waals surface area contributed by atoms with E-state index in [0.717, 1.165) is 11.3 Å². The van der Waals surface area contributed by atoms with Gasteiger partial charge in [-0.15, -0.1) is 6.58 Å². The number of carbonyl (C=O) groups is 1. The van der Waals surface area contributed by atoms with Gasteiger partial charge >= 0.3 is 5.97 Å². The zero-order valence-electron chi connectivity index (χ0n) is 8.64. The van der Waals surface area contributed by atoms with Gasteiger partial charge in [0.25, 0.3) is 0 Å². The number of benzene rings is 1. The quantitative estimate of drug-likeness (QED) is 0.752. The molecule has 3 heteroatoms. The van der Waals surface area contributed by atoms with E-state index in [1.807, 2.05) is 24.3 Å². The molecule has 1 unspecified atom stereocenters. The maximum Gasteiger partial charge on any atom is 0.304 e. The molecular weight excluding hydrogens is 192 g/mol. The van der Waals surface area contributed by atoms with Gasteiger partial charge in [-0.1, -0.05) is 18.2 Å². The third-order valence-corrected chi connectivity index (χ3v) is 2.20. The molecule has 1 aromatic rings. The first-order valence-corrected chi connectivity index (χ1v) is 4.65. The molecule has 0 fully saturated rings. The van der Waals surface area contributed by atoms with E-state index in [4.69, 9.17) is 9.84 Å². The summed E-state index contributed by atoms with van der Waals surface area (Å²) in [6.45, 7) is 3.64. The first-order valence-electron chi connectivity index (χ1n) is 4.65. The summed E-state index contributed by atoms with van der Waals surface area (Å²) < 4.78 is 5.07. The Morgan fingerprint density at radius 2 is 2.40 bits per heavy atom. The smallest absolute Gasteiger partial charge is 0.304 e. The van der Waals surface area contributed by atoms with Crippen LogP contribution in [0.3, 0.4) is 0 Å². The molecule has 1 aromatic carbocycles. The van der Waals surface area contributed by atoms with Gasteiger partial charge in [-0.2, -0.15) is 0 Å². The first kappa shape index (κ1) is 11.3. The Bertz CT molecular complexity index is 358. The van der Waals surface area contributed by atoms with Crippen LogP contribution in [0, 0.1) is 0 Å². The molecule has 1 N–H and O–H groups in total. The summed E-state index contributed by atoms with van der Waals surface area (Å²) in [4.78, 5) is 10.6. The van der Waals surface area contributed by atoms with Gasteiger partial charge in [-0.25, -0.2) is 0 Å². The number of ether oxygens (including phenoxy) is 1. The SMILES string of the molecule is C=CC(CC(=O)O)c1cccc(OC)c1. The van der Waals surface area contributed by atoms with Gasteiger partial charge in [0.2, 0.25) is 0 Å². The minimum atomic E-state index is -0.831. The van der Waals surface area contributed by atoms with Crippen molar-refractivity contribution in [2.24, 2.45) is 0 Å². The third kappa shape index (κ3) is 3.13. The molecule has 0 aromatic heterocycles. The van der Waals surface area contributed by atoms with Gasteiger partial charge in [0.15, 0.2) is 0 Å². The summed E-state index contributed by atoms with van der Waals surface area (Å²) in [5.74, 6) is -0.273. The molecule has 1 atom stereocenters. The predicted octanol–water partition coefficient (Wildman–Crippen LogP) is 2.44. The van der Waals surface area contributed by atoms with Crippen LogP contribution in [-0.2, 0) is 4.79 Å². The molecule has 0 heterocycles. The van der Waals surface area contributed by atoms with Crippen LogP contribution >= 0.6 is 0 Å². The predicted molar refractivity (Wildman–Crippen MR) is 58.2 cm³/mol. The van der Waals surface area contributed by atoms with Crippen molar-refractivity contribution in [1.82, 2.24) is 0 Å². The van der Waals surface area contributed by atoms with E-state index in [1.54, 1.807) is 13.2 Å². The summed E-state index contributed by atoms with van der Waals surface area (Å²) >= 11 is 0. The van der Waals surface area contributed by atoms with Gasteiger partial charge in [-0.3, -0.25) is 4.79 Å². The van der Waals surface area contributed by atoms with Crippen molar-refractivity contribution in [3.8, 4) is 5.75 Å². The minimum Gasteiger partial charge on any atom is -0.497 e. The zero-order chi connectivity index (χ0) is 11.3. The van der Waals surface area contributed by atoms with Crippen LogP contribution in [0.25, 0.3) is 0 Å². The topological polar surface area (TPSA) is 46.5 Å². The highest BCUT2D eigenvalue weighted by molar-refractivity contribution is 5.68.